The Balaban J connectivity index is 2.19. The van der Waals surface area contributed by atoms with Crippen LogP contribution in [0.1, 0.15) is 11.1 Å². The number of phenolic OH excluding ortho intramolecular Hbond substituents is 1. The highest BCUT2D eigenvalue weighted by atomic mass is 35.5. The minimum Gasteiger partial charge on any atom is -0.504 e. The number of hydrogen-bond acceptors (Lipinski definition) is 4. The zero-order valence-electron chi connectivity index (χ0n) is 11.2. The van der Waals surface area contributed by atoms with Crippen molar-refractivity contribution in [1.82, 2.24) is 0 Å². The molecule has 2 aromatic carbocycles. The second-order valence-corrected chi connectivity index (χ2v) is 5.12. The van der Waals surface area contributed by atoms with Gasteiger partial charge in [-0.3, -0.25) is 0 Å². The molecule has 0 amide bonds. The fourth-order valence-corrected chi connectivity index (χ4v) is 2.29. The van der Waals surface area contributed by atoms with Crippen LogP contribution in [0.2, 0.25) is 10.0 Å². The molecule has 0 aliphatic rings. The summed E-state index contributed by atoms with van der Waals surface area (Å²) in [6, 6.07) is 10.2. The van der Waals surface area contributed by atoms with Crippen molar-refractivity contribution in [2.24, 2.45) is 0 Å². The lowest BCUT2D eigenvalue weighted by Gasteiger charge is -2.12. The number of phenols is 1. The van der Waals surface area contributed by atoms with Gasteiger partial charge in [0.2, 0.25) is 0 Å². The number of halogens is 2. The molecule has 0 atom stereocenters. The quantitative estimate of drug-likeness (QED) is 0.885. The minimum atomic E-state index is 0.0362. The fourth-order valence-electron chi connectivity index (χ4n) is 1.83. The molecule has 0 aliphatic carbocycles. The predicted molar refractivity (Wildman–Crippen MR) is 83.2 cm³/mol. The van der Waals surface area contributed by atoms with Crippen LogP contribution in [0.4, 0.5) is 5.69 Å². The first-order valence-corrected chi connectivity index (χ1v) is 6.79. The summed E-state index contributed by atoms with van der Waals surface area (Å²) in [5.74, 6) is 0.353. The highest BCUT2D eigenvalue weighted by Crippen LogP contribution is 2.34. The van der Waals surface area contributed by atoms with Gasteiger partial charge in [-0.15, -0.1) is 0 Å². The summed E-state index contributed by atoms with van der Waals surface area (Å²) in [7, 11) is 1.46. The Kier molecular flexibility index (Phi) is 4.79. The fraction of sp³-hybridized carbons (Fsp3) is 0.133. The molecule has 0 bridgehead atoms. The average molecular weight is 323 g/mol. The van der Waals surface area contributed by atoms with E-state index in [0.29, 0.717) is 33.5 Å². The Morgan fingerprint density at radius 3 is 2.67 bits per heavy atom. The van der Waals surface area contributed by atoms with Crippen LogP contribution < -0.4 is 10.1 Å². The van der Waals surface area contributed by atoms with E-state index in [1.54, 1.807) is 30.3 Å². The molecule has 0 radical (unpaired) electrons. The summed E-state index contributed by atoms with van der Waals surface area (Å²) in [5, 5.41) is 22.8. The second kappa shape index (κ2) is 6.57. The van der Waals surface area contributed by atoms with Crippen LogP contribution in [-0.2, 0) is 6.54 Å². The number of methoxy groups -OCH3 is 1. The Bertz CT molecular complexity index is 712. The minimum absolute atomic E-state index is 0.0362. The van der Waals surface area contributed by atoms with E-state index in [1.165, 1.54) is 7.11 Å². The number of hydrogen-bond donors (Lipinski definition) is 2. The summed E-state index contributed by atoms with van der Waals surface area (Å²) in [6.45, 7) is 0.338. The first-order chi connectivity index (χ1) is 10.0. The molecule has 0 aromatic heterocycles. The predicted octanol–water partition coefficient (Wildman–Crippen LogP) is 4.19. The molecule has 0 heterocycles. The summed E-state index contributed by atoms with van der Waals surface area (Å²) < 4.78 is 5.05. The third kappa shape index (κ3) is 3.52. The number of nitriles is 1. The molecule has 6 heteroatoms. The summed E-state index contributed by atoms with van der Waals surface area (Å²) in [5.41, 5.74) is 1.74. The van der Waals surface area contributed by atoms with Crippen LogP contribution in [0.5, 0.6) is 11.5 Å². The van der Waals surface area contributed by atoms with Crippen molar-refractivity contribution in [2.75, 3.05) is 12.4 Å². The van der Waals surface area contributed by atoms with Gasteiger partial charge in [0, 0.05) is 28.9 Å². The van der Waals surface area contributed by atoms with Crippen LogP contribution in [0.25, 0.3) is 0 Å². The number of ether oxygens (including phenoxy) is 1. The molecule has 2 N–H and O–H groups in total. The summed E-state index contributed by atoms with van der Waals surface area (Å²) >= 11 is 11.9. The smallest absolute Gasteiger partial charge is 0.162 e. The summed E-state index contributed by atoms with van der Waals surface area (Å²) in [6.07, 6.45) is 0. The van der Waals surface area contributed by atoms with E-state index in [2.05, 4.69) is 5.32 Å². The Hall–Kier alpha value is -2.09. The van der Waals surface area contributed by atoms with Crippen molar-refractivity contribution in [2.45, 2.75) is 6.54 Å². The first kappa shape index (κ1) is 15.3. The van der Waals surface area contributed by atoms with E-state index in [4.69, 9.17) is 33.2 Å². The normalized spacial score (nSPS) is 10.0. The number of nitrogens with one attached hydrogen (secondary N) is 1. The zero-order chi connectivity index (χ0) is 15.4. The molecule has 4 nitrogen and oxygen atoms in total. The lowest BCUT2D eigenvalue weighted by molar-refractivity contribution is 0.371. The van der Waals surface area contributed by atoms with Crippen LogP contribution >= 0.6 is 23.2 Å². The van der Waals surface area contributed by atoms with Gasteiger partial charge in [0.15, 0.2) is 11.5 Å². The van der Waals surface area contributed by atoms with Crippen LogP contribution in [0.15, 0.2) is 30.3 Å². The number of nitrogens with zero attached hydrogens (tertiary/aromatic N) is 1. The van der Waals surface area contributed by atoms with E-state index >= 15 is 0 Å². The number of benzene rings is 2. The summed E-state index contributed by atoms with van der Waals surface area (Å²) in [4.78, 5) is 0. The van der Waals surface area contributed by atoms with Gasteiger partial charge in [-0.2, -0.15) is 5.26 Å². The molecule has 0 saturated heterocycles. The number of rotatable bonds is 4. The lowest BCUT2D eigenvalue weighted by Crippen LogP contribution is -2.01. The molecule has 0 spiro atoms. The second-order valence-electron chi connectivity index (χ2n) is 4.28. The van der Waals surface area contributed by atoms with Gasteiger partial charge in [-0.25, -0.2) is 0 Å². The third-order valence-electron chi connectivity index (χ3n) is 2.91. The van der Waals surface area contributed by atoms with Gasteiger partial charge in [-0.1, -0.05) is 23.2 Å². The van der Waals surface area contributed by atoms with E-state index in [0.717, 1.165) is 5.69 Å². The maximum atomic E-state index is 10.0. The largest absolute Gasteiger partial charge is 0.504 e. The van der Waals surface area contributed by atoms with Gasteiger partial charge < -0.3 is 15.2 Å². The van der Waals surface area contributed by atoms with E-state index in [-0.39, 0.29) is 5.75 Å². The molecule has 0 fully saturated rings. The van der Waals surface area contributed by atoms with Crippen molar-refractivity contribution < 1.29 is 9.84 Å². The SMILES string of the molecule is COc1cc(Cl)cc(CNc2ccc(C#N)c(Cl)c2)c1O. The van der Waals surface area contributed by atoms with Gasteiger partial charge >= 0.3 is 0 Å². The highest BCUT2D eigenvalue weighted by Gasteiger charge is 2.10. The topological polar surface area (TPSA) is 65.3 Å². The number of aromatic hydroxyl groups is 1. The van der Waals surface area contributed by atoms with Crippen LogP contribution in [-0.4, -0.2) is 12.2 Å². The van der Waals surface area contributed by atoms with Crippen molar-refractivity contribution >= 4 is 28.9 Å². The van der Waals surface area contributed by atoms with Gasteiger partial charge in [0.05, 0.1) is 17.7 Å². The molecular formula is C15H12Cl2N2O2. The standard InChI is InChI=1S/C15H12Cl2N2O2/c1-21-14-5-11(16)4-10(15(14)20)8-19-12-3-2-9(7-18)13(17)6-12/h2-6,19-20H,8H2,1H3. The van der Waals surface area contributed by atoms with Crippen LogP contribution in [0, 0.1) is 11.3 Å². The van der Waals surface area contributed by atoms with Crippen LogP contribution in [0.3, 0.4) is 0 Å². The van der Waals surface area contributed by atoms with Crippen molar-refractivity contribution in [1.29, 1.82) is 5.26 Å². The molecule has 108 valence electrons. The molecule has 21 heavy (non-hydrogen) atoms. The van der Waals surface area contributed by atoms with E-state index in [1.807, 2.05) is 6.07 Å². The first-order valence-electron chi connectivity index (χ1n) is 6.04. The van der Waals surface area contributed by atoms with Crippen molar-refractivity contribution in [3.05, 3.63) is 51.5 Å². The van der Waals surface area contributed by atoms with Gasteiger partial charge in [-0.05, 0) is 24.3 Å². The Labute approximate surface area is 132 Å². The maximum absolute atomic E-state index is 10.0. The van der Waals surface area contributed by atoms with Gasteiger partial charge in [0.25, 0.3) is 0 Å². The van der Waals surface area contributed by atoms with E-state index in [9.17, 15) is 5.11 Å². The monoisotopic (exact) mass is 322 g/mol. The molecule has 0 saturated carbocycles. The molecule has 2 rings (SSSR count). The number of anilines is 1. The zero-order valence-corrected chi connectivity index (χ0v) is 12.7. The molecule has 0 aliphatic heterocycles. The highest BCUT2D eigenvalue weighted by molar-refractivity contribution is 6.32. The third-order valence-corrected chi connectivity index (χ3v) is 3.44. The maximum Gasteiger partial charge on any atom is 0.162 e. The average Bonchev–Trinajstić information content (AvgIpc) is 2.47. The van der Waals surface area contributed by atoms with Crippen molar-refractivity contribution in [3.8, 4) is 17.6 Å². The van der Waals surface area contributed by atoms with Gasteiger partial charge in [0.1, 0.15) is 6.07 Å². The van der Waals surface area contributed by atoms with E-state index < -0.39 is 0 Å². The lowest BCUT2D eigenvalue weighted by atomic mass is 10.1. The molecule has 2 aromatic rings. The molecule has 0 unspecified atom stereocenters. The molecular weight excluding hydrogens is 311 g/mol. The Morgan fingerprint density at radius 2 is 2.05 bits per heavy atom. The Morgan fingerprint density at radius 1 is 1.29 bits per heavy atom. The van der Waals surface area contributed by atoms with Crippen molar-refractivity contribution in [3.63, 3.8) is 0 Å².